The van der Waals surface area contributed by atoms with E-state index in [1.807, 2.05) is 32.2 Å². The standard InChI is InChI=1S/C49H58FN7O5S/c1-30(45-23-35(29-63-45)36-13-9-8-12-33(36)27-51-3)52-47-39-25-43(61-4)44(26-41(39)53-31(2)54-47)62-21-11-7-5-6-10-18-56-19-16-32(17-20-56)37-22-34-28-57(49(60)38(34)24-40(37)50)42-14-15-46(58)55-48(42)59/h8-9,12-13,22-26,29-30,32,42,51H,5-7,10-11,14-21,27-28H2,1-4H3,(H,52,53,54)(H,55,58,59)/t30-,42?/m0/s1. The number of aromatic nitrogens is 2. The van der Waals surface area contributed by atoms with Crippen LogP contribution in [-0.4, -0.2) is 83.9 Å². The van der Waals surface area contributed by atoms with Gasteiger partial charge in [0.2, 0.25) is 11.8 Å². The minimum atomic E-state index is -0.705. The molecule has 0 saturated carbocycles. The first-order valence-electron chi connectivity index (χ1n) is 22.4. The van der Waals surface area contributed by atoms with Crippen LogP contribution in [0.15, 0.2) is 60.0 Å². The Labute approximate surface area is 373 Å². The number of imide groups is 1. The van der Waals surface area contributed by atoms with Gasteiger partial charge in [-0.05, 0) is 130 Å². The summed E-state index contributed by atoms with van der Waals surface area (Å²) in [6.45, 7) is 8.57. The number of halogens is 1. The van der Waals surface area contributed by atoms with Crippen LogP contribution < -0.4 is 25.4 Å². The molecule has 3 aliphatic heterocycles. The topological polar surface area (TPSA) is 138 Å². The van der Waals surface area contributed by atoms with Crippen LogP contribution >= 0.6 is 11.3 Å². The van der Waals surface area contributed by atoms with Crippen molar-refractivity contribution in [2.75, 3.05) is 45.7 Å². The molecule has 14 heteroatoms. The zero-order valence-electron chi connectivity index (χ0n) is 36.7. The molecule has 0 bridgehead atoms. The van der Waals surface area contributed by atoms with Crippen molar-refractivity contribution in [1.82, 2.24) is 30.4 Å². The SMILES string of the molecule is CNCc1ccccc1-c1csc([C@H](C)Nc2nc(C)nc3cc(OCCCCCCCN4CCC(c5cc6c(cc5F)C(=O)N(C5CCC(=O)NC5=O)C6)CC4)c(OC)cc23)c1. The van der Waals surface area contributed by atoms with Crippen LogP contribution in [-0.2, 0) is 22.7 Å². The number of rotatable bonds is 18. The Morgan fingerprint density at radius 2 is 1.75 bits per heavy atom. The van der Waals surface area contributed by atoms with Gasteiger partial charge in [-0.2, -0.15) is 0 Å². The van der Waals surface area contributed by atoms with Crippen LogP contribution in [0.2, 0.25) is 0 Å². The fraction of sp³-hybridized carbons (Fsp3) is 0.449. The Bertz CT molecular complexity index is 2470. The molecule has 8 rings (SSSR count). The second kappa shape index (κ2) is 19.9. The number of nitrogens with one attached hydrogen (secondary N) is 3. The lowest BCUT2D eigenvalue weighted by atomic mass is 9.87. The van der Waals surface area contributed by atoms with E-state index in [0.717, 1.165) is 93.4 Å². The summed E-state index contributed by atoms with van der Waals surface area (Å²) in [4.78, 5) is 51.9. The molecule has 0 aliphatic carbocycles. The number of piperidine rings is 2. The van der Waals surface area contributed by atoms with Crippen LogP contribution in [0.3, 0.4) is 0 Å². The molecule has 3 aliphatic rings. The zero-order chi connectivity index (χ0) is 44.0. The highest BCUT2D eigenvalue weighted by Gasteiger charge is 2.40. The van der Waals surface area contributed by atoms with Crippen molar-refractivity contribution in [3.63, 3.8) is 0 Å². The number of methoxy groups -OCH3 is 1. The Balaban J connectivity index is 0.768. The molecule has 5 heterocycles. The van der Waals surface area contributed by atoms with E-state index in [-0.39, 0.29) is 49.0 Å². The predicted molar refractivity (Wildman–Crippen MR) is 245 cm³/mol. The molecule has 5 aromatic rings. The minimum absolute atomic E-state index is 0.0259. The van der Waals surface area contributed by atoms with E-state index in [1.165, 1.54) is 32.5 Å². The number of likely N-dealkylation sites (tertiary alicyclic amines) is 1. The number of benzene rings is 3. The van der Waals surface area contributed by atoms with Crippen molar-refractivity contribution in [2.24, 2.45) is 0 Å². The predicted octanol–water partition coefficient (Wildman–Crippen LogP) is 8.68. The van der Waals surface area contributed by atoms with Gasteiger partial charge in [0.15, 0.2) is 11.5 Å². The molecule has 1 unspecified atom stereocenters. The number of carbonyl (C=O) groups excluding carboxylic acids is 3. The van der Waals surface area contributed by atoms with Crippen molar-refractivity contribution in [1.29, 1.82) is 0 Å². The fourth-order valence-electron chi connectivity index (χ4n) is 9.32. The van der Waals surface area contributed by atoms with Crippen molar-refractivity contribution < 1.29 is 28.2 Å². The minimum Gasteiger partial charge on any atom is -0.493 e. The molecule has 0 spiro atoms. The normalized spacial score (nSPS) is 17.6. The molecular formula is C49H58FN7O5S. The highest BCUT2D eigenvalue weighted by Crippen LogP contribution is 2.38. The van der Waals surface area contributed by atoms with Crippen LogP contribution in [0, 0.1) is 12.7 Å². The number of hydrogen-bond acceptors (Lipinski definition) is 11. The van der Waals surface area contributed by atoms with Crippen molar-refractivity contribution in [3.8, 4) is 22.6 Å². The number of nitrogens with zero attached hydrogens (tertiary/aromatic N) is 4. The lowest BCUT2D eigenvalue weighted by Gasteiger charge is -2.32. The van der Waals surface area contributed by atoms with Gasteiger partial charge in [-0.1, -0.05) is 49.6 Å². The van der Waals surface area contributed by atoms with Gasteiger partial charge in [0.25, 0.3) is 5.91 Å². The van der Waals surface area contributed by atoms with E-state index < -0.39 is 11.9 Å². The molecule has 0 radical (unpaired) electrons. The lowest BCUT2D eigenvalue weighted by molar-refractivity contribution is -0.136. The van der Waals surface area contributed by atoms with E-state index in [9.17, 15) is 14.4 Å². The third-order valence-corrected chi connectivity index (χ3v) is 13.8. The Hall–Kier alpha value is -5.44. The molecule has 3 N–H and O–H groups in total. The number of amides is 3. The monoisotopic (exact) mass is 875 g/mol. The smallest absolute Gasteiger partial charge is 0.255 e. The molecule has 332 valence electrons. The highest BCUT2D eigenvalue weighted by atomic mass is 32.1. The largest absolute Gasteiger partial charge is 0.493 e. The van der Waals surface area contributed by atoms with E-state index in [1.54, 1.807) is 18.4 Å². The van der Waals surface area contributed by atoms with Crippen LogP contribution in [0.1, 0.15) is 114 Å². The number of thiophene rings is 1. The van der Waals surface area contributed by atoms with Crippen LogP contribution in [0.5, 0.6) is 11.5 Å². The fourth-order valence-corrected chi connectivity index (χ4v) is 10.2. The third kappa shape index (κ3) is 10.0. The van der Waals surface area contributed by atoms with Gasteiger partial charge in [0, 0.05) is 41.4 Å². The Kier molecular flexibility index (Phi) is 14.0. The number of carbonyl (C=O) groups is 3. The van der Waals surface area contributed by atoms with E-state index in [0.29, 0.717) is 35.1 Å². The number of fused-ring (bicyclic) bond motifs is 2. The summed E-state index contributed by atoms with van der Waals surface area (Å²) in [6, 6.07) is 17.2. The van der Waals surface area contributed by atoms with E-state index in [4.69, 9.17) is 19.4 Å². The summed E-state index contributed by atoms with van der Waals surface area (Å²) >= 11 is 1.74. The van der Waals surface area contributed by atoms with Crippen LogP contribution in [0.4, 0.5) is 10.2 Å². The average Bonchev–Trinajstić information content (AvgIpc) is 3.89. The molecule has 2 aromatic heterocycles. The van der Waals surface area contributed by atoms with Crippen molar-refractivity contribution in [2.45, 2.75) is 103 Å². The van der Waals surface area contributed by atoms with Gasteiger partial charge >= 0.3 is 0 Å². The molecule has 2 atom stereocenters. The third-order valence-electron chi connectivity index (χ3n) is 12.7. The molecule has 3 amide bonds. The molecule has 2 saturated heterocycles. The molecule has 3 aromatic carbocycles. The summed E-state index contributed by atoms with van der Waals surface area (Å²) in [5.74, 6) is 1.38. The van der Waals surface area contributed by atoms with Gasteiger partial charge in [-0.15, -0.1) is 11.3 Å². The highest BCUT2D eigenvalue weighted by molar-refractivity contribution is 7.10. The maximum absolute atomic E-state index is 15.4. The van der Waals surface area contributed by atoms with Gasteiger partial charge < -0.3 is 29.9 Å². The van der Waals surface area contributed by atoms with Crippen molar-refractivity contribution in [3.05, 3.63) is 98.7 Å². The number of anilines is 1. The van der Waals surface area contributed by atoms with E-state index in [2.05, 4.69) is 63.5 Å². The van der Waals surface area contributed by atoms with E-state index >= 15 is 4.39 Å². The first kappa shape index (κ1) is 44.2. The molecule has 63 heavy (non-hydrogen) atoms. The maximum Gasteiger partial charge on any atom is 0.255 e. The quantitative estimate of drug-likeness (QED) is 0.0580. The molecular weight excluding hydrogens is 818 g/mol. The summed E-state index contributed by atoms with van der Waals surface area (Å²) < 4.78 is 27.5. The summed E-state index contributed by atoms with van der Waals surface area (Å²) in [5.41, 5.74) is 6.28. The van der Waals surface area contributed by atoms with Gasteiger partial charge in [-0.25, -0.2) is 14.4 Å². The summed E-state index contributed by atoms with van der Waals surface area (Å²) in [5, 5.41) is 12.4. The van der Waals surface area contributed by atoms with Gasteiger partial charge in [0.1, 0.15) is 23.5 Å². The molecule has 2 fully saturated rings. The summed E-state index contributed by atoms with van der Waals surface area (Å²) in [7, 11) is 3.63. The second-order valence-corrected chi connectivity index (χ2v) is 18.0. The first-order chi connectivity index (χ1) is 30.6. The van der Waals surface area contributed by atoms with Gasteiger partial charge in [0.05, 0.1) is 25.3 Å². The Morgan fingerprint density at radius 1 is 0.952 bits per heavy atom. The first-order valence-corrected chi connectivity index (χ1v) is 23.2. The van der Waals surface area contributed by atoms with Gasteiger partial charge in [-0.3, -0.25) is 19.7 Å². The number of aryl methyl sites for hydroxylation is 1. The zero-order valence-corrected chi connectivity index (χ0v) is 37.5. The Morgan fingerprint density at radius 3 is 2.54 bits per heavy atom. The van der Waals surface area contributed by atoms with Crippen LogP contribution in [0.25, 0.3) is 22.0 Å². The molecule has 12 nitrogen and oxygen atoms in total. The average molecular weight is 876 g/mol. The number of unbranched alkanes of at least 4 members (excludes halogenated alkanes) is 4. The number of ether oxygens (including phenoxy) is 2. The number of hydrogen-bond donors (Lipinski definition) is 3. The summed E-state index contributed by atoms with van der Waals surface area (Å²) in [6.07, 6.45) is 7.58. The second-order valence-electron chi connectivity index (χ2n) is 17.1. The lowest BCUT2D eigenvalue weighted by Crippen LogP contribution is -2.52. The maximum atomic E-state index is 15.4. The van der Waals surface area contributed by atoms with Crippen molar-refractivity contribution >= 4 is 45.8 Å².